The summed E-state index contributed by atoms with van der Waals surface area (Å²) in [6.45, 7) is 1.80. The lowest BCUT2D eigenvalue weighted by atomic mass is 9.96. The van der Waals surface area contributed by atoms with E-state index in [1.165, 1.54) is 23.9 Å². The van der Waals surface area contributed by atoms with Crippen LogP contribution < -0.4 is 16.4 Å². The summed E-state index contributed by atoms with van der Waals surface area (Å²) < 4.78 is 38.9. The number of aliphatic carboxylic acids is 1. The predicted octanol–water partition coefficient (Wildman–Crippen LogP) is 3.40. The van der Waals surface area contributed by atoms with Gasteiger partial charge in [-0.3, -0.25) is 9.59 Å². The molecule has 0 fully saturated rings. The molecular weight excluding hydrogens is 523 g/mol. The standard InChI is InChI=1S/C25H26F3N5O4S/c1-14-18(8-10-30-22(35)24(29,23(36)37)9-11-38-2)33-20-13-17(6-7-19(20)31-14)32-21(34)15-4-3-5-16(12-15)25(26,27)28/h3-7,12-13H,8-11,29H2,1-2H3,(H,30,35)(H,32,34)(H,36,37). The average molecular weight is 550 g/mol. The van der Waals surface area contributed by atoms with Gasteiger partial charge in [-0.1, -0.05) is 6.07 Å². The number of amides is 2. The number of hydrogen-bond acceptors (Lipinski definition) is 7. The molecule has 0 spiro atoms. The van der Waals surface area contributed by atoms with Crippen molar-refractivity contribution < 1.29 is 32.7 Å². The van der Waals surface area contributed by atoms with Gasteiger partial charge in [-0.25, -0.2) is 14.8 Å². The Labute approximate surface area is 220 Å². The summed E-state index contributed by atoms with van der Waals surface area (Å²) in [5, 5.41) is 14.5. The molecule has 1 atom stereocenters. The number of hydrogen-bond donors (Lipinski definition) is 4. The first-order valence-corrected chi connectivity index (χ1v) is 12.8. The summed E-state index contributed by atoms with van der Waals surface area (Å²) in [6, 6.07) is 8.80. The Balaban J connectivity index is 1.73. The minimum absolute atomic E-state index is 0.0286. The molecule has 2 amide bonds. The van der Waals surface area contributed by atoms with E-state index in [1.807, 2.05) is 0 Å². The van der Waals surface area contributed by atoms with Crippen molar-refractivity contribution in [3.8, 4) is 0 Å². The number of rotatable bonds is 10. The number of carboxylic acid groups (broad SMARTS) is 1. The fourth-order valence-electron chi connectivity index (χ4n) is 3.57. The van der Waals surface area contributed by atoms with Crippen LogP contribution in [0.5, 0.6) is 0 Å². The molecule has 9 nitrogen and oxygen atoms in total. The van der Waals surface area contributed by atoms with E-state index in [9.17, 15) is 32.7 Å². The minimum Gasteiger partial charge on any atom is -0.479 e. The zero-order valence-electron chi connectivity index (χ0n) is 20.6. The van der Waals surface area contributed by atoms with Crippen molar-refractivity contribution in [2.24, 2.45) is 5.73 Å². The molecule has 3 aromatic rings. The van der Waals surface area contributed by atoms with Gasteiger partial charge in [-0.05, 0) is 61.8 Å². The van der Waals surface area contributed by atoms with E-state index in [1.54, 1.807) is 25.3 Å². The number of thioether (sulfide) groups is 1. The Hall–Kier alpha value is -3.71. The summed E-state index contributed by atoms with van der Waals surface area (Å²) in [7, 11) is 0. The van der Waals surface area contributed by atoms with Gasteiger partial charge in [-0.15, -0.1) is 0 Å². The number of halogens is 3. The monoisotopic (exact) mass is 549 g/mol. The van der Waals surface area contributed by atoms with E-state index >= 15 is 0 Å². The SMILES string of the molecule is CSCCC(N)(C(=O)O)C(=O)NCCc1nc2cc(NC(=O)c3cccc(C(F)(F)F)c3)ccc2nc1C. The molecule has 0 bridgehead atoms. The zero-order valence-corrected chi connectivity index (χ0v) is 21.4. The Morgan fingerprint density at radius 1 is 1.08 bits per heavy atom. The van der Waals surface area contributed by atoms with Crippen LogP contribution in [-0.2, 0) is 22.2 Å². The fourth-order valence-corrected chi connectivity index (χ4v) is 4.09. The van der Waals surface area contributed by atoms with Crippen molar-refractivity contribution in [1.82, 2.24) is 15.3 Å². The molecule has 3 rings (SSSR count). The van der Waals surface area contributed by atoms with Crippen LogP contribution in [0.4, 0.5) is 18.9 Å². The van der Waals surface area contributed by atoms with Gasteiger partial charge in [0.15, 0.2) is 5.54 Å². The molecule has 1 unspecified atom stereocenters. The summed E-state index contributed by atoms with van der Waals surface area (Å²) in [6.07, 6.45) is -2.58. The van der Waals surface area contributed by atoms with E-state index in [0.29, 0.717) is 33.9 Å². The number of nitrogens with two attached hydrogens (primary N) is 1. The highest BCUT2D eigenvalue weighted by atomic mass is 32.2. The third-order valence-electron chi connectivity index (χ3n) is 5.78. The average Bonchev–Trinajstić information content (AvgIpc) is 2.87. The molecule has 0 aliphatic rings. The quantitative estimate of drug-likeness (QED) is 0.281. The van der Waals surface area contributed by atoms with Gasteiger partial charge in [0.2, 0.25) is 0 Å². The molecule has 5 N–H and O–H groups in total. The maximum Gasteiger partial charge on any atom is 0.416 e. The number of anilines is 1. The molecule has 0 saturated heterocycles. The van der Waals surface area contributed by atoms with Crippen LogP contribution in [0.1, 0.15) is 33.7 Å². The lowest BCUT2D eigenvalue weighted by molar-refractivity contribution is -0.149. The topological polar surface area (TPSA) is 147 Å². The number of alkyl halides is 3. The number of aryl methyl sites for hydroxylation is 1. The molecule has 2 aromatic carbocycles. The summed E-state index contributed by atoms with van der Waals surface area (Å²) in [5.41, 5.74) is 5.08. The van der Waals surface area contributed by atoms with Crippen molar-refractivity contribution in [3.05, 3.63) is 65.0 Å². The van der Waals surface area contributed by atoms with Crippen LogP contribution in [0, 0.1) is 6.92 Å². The van der Waals surface area contributed by atoms with Gasteiger partial charge in [0.05, 0.1) is 28.0 Å². The van der Waals surface area contributed by atoms with Crippen LogP contribution in [0.15, 0.2) is 42.5 Å². The maximum atomic E-state index is 13.0. The predicted molar refractivity (Wildman–Crippen MR) is 138 cm³/mol. The number of aromatic nitrogens is 2. The number of carbonyl (C=O) groups is 3. The molecule has 38 heavy (non-hydrogen) atoms. The molecule has 0 saturated carbocycles. The van der Waals surface area contributed by atoms with E-state index < -0.39 is 35.1 Å². The maximum absolute atomic E-state index is 13.0. The number of nitrogens with zero attached hydrogens (tertiary/aromatic N) is 2. The smallest absolute Gasteiger partial charge is 0.416 e. The van der Waals surface area contributed by atoms with Crippen molar-refractivity contribution in [2.45, 2.75) is 31.5 Å². The van der Waals surface area contributed by atoms with Gasteiger partial charge in [0.1, 0.15) is 0 Å². The molecular formula is C25H26F3N5O4S. The first kappa shape index (κ1) is 28.9. The summed E-state index contributed by atoms with van der Waals surface area (Å²) in [4.78, 5) is 45.6. The number of carbonyl (C=O) groups excluding carboxylic acids is 2. The van der Waals surface area contributed by atoms with Gasteiger partial charge in [-0.2, -0.15) is 24.9 Å². The minimum atomic E-state index is -4.57. The first-order chi connectivity index (χ1) is 17.8. The van der Waals surface area contributed by atoms with Crippen molar-refractivity contribution >= 4 is 46.3 Å². The van der Waals surface area contributed by atoms with Crippen LogP contribution >= 0.6 is 11.8 Å². The van der Waals surface area contributed by atoms with Crippen LogP contribution in [-0.4, -0.2) is 57.0 Å². The zero-order chi connectivity index (χ0) is 28.1. The molecule has 202 valence electrons. The third-order valence-corrected chi connectivity index (χ3v) is 6.39. The van der Waals surface area contributed by atoms with Crippen molar-refractivity contribution in [3.63, 3.8) is 0 Å². The number of nitrogens with one attached hydrogen (secondary N) is 2. The summed E-state index contributed by atoms with van der Waals surface area (Å²) in [5.74, 6) is -2.53. The van der Waals surface area contributed by atoms with Crippen molar-refractivity contribution in [1.29, 1.82) is 0 Å². The number of benzene rings is 2. The second-order valence-corrected chi connectivity index (χ2v) is 9.50. The third kappa shape index (κ3) is 6.78. The molecule has 13 heteroatoms. The Morgan fingerprint density at radius 2 is 1.82 bits per heavy atom. The highest BCUT2D eigenvalue weighted by Gasteiger charge is 2.41. The second kappa shape index (κ2) is 11.8. The Kier molecular flexibility index (Phi) is 8.94. The lowest BCUT2D eigenvalue weighted by Gasteiger charge is -2.23. The van der Waals surface area contributed by atoms with Crippen LogP contribution in [0.3, 0.4) is 0 Å². The van der Waals surface area contributed by atoms with Gasteiger partial charge < -0.3 is 21.5 Å². The molecule has 1 aromatic heterocycles. The van der Waals surface area contributed by atoms with E-state index in [0.717, 1.165) is 18.2 Å². The fraction of sp³-hybridized carbons (Fsp3) is 0.320. The molecule has 0 aliphatic heterocycles. The molecule has 0 aliphatic carbocycles. The number of fused-ring (bicyclic) bond motifs is 1. The normalized spacial score (nSPS) is 13.1. The Morgan fingerprint density at radius 3 is 2.47 bits per heavy atom. The largest absolute Gasteiger partial charge is 0.479 e. The second-order valence-electron chi connectivity index (χ2n) is 8.52. The van der Waals surface area contributed by atoms with Crippen LogP contribution in [0.25, 0.3) is 11.0 Å². The van der Waals surface area contributed by atoms with E-state index in [2.05, 4.69) is 20.6 Å². The molecule has 1 heterocycles. The van der Waals surface area contributed by atoms with Gasteiger partial charge >= 0.3 is 12.1 Å². The van der Waals surface area contributed by atoms with Gasteiger partial charge in [0, 0.05) is 24.2 Å². The van der Waals surface area contributed by atoms with E-state index in [4.69, 9.17) is 5.73 Å². The Bertz CT molecular complexity index is 1370. The highest BCUT2D eigenvalue weighted by Crippen LogP contribution is 2.29. The first-order valence-electron chi connectivity index (χ1n) is 11.4. The lowest BCUT2D eigenvalue weighted by Crippen LogP contribution is -2.60. The van der Waals surface area contributed by atoms with E-state index in [-0.39, 0.29) is 24.9 Å². The van der Waals surface area contributed by atoms with Crippen LogP contribution in [0.2, 0.25) is 0 Å². The summed E-state index contributed by atoms with van der Waals surface area (Å²) >= 11 is 1.38. The number of carboxylic acids is 1. The highest BCUT2D eigenvalue weighted by molar-refractivity contribution is 7.98. The molecule has 0 radical (unpaired) electrons. The van der Waals surface area contributed by atoms with Crippen molar-refractivity contribution in [2.75, 3.05) is 23.9 Å². The van der Waals surface area contributed by atoms with Gasteiger partial charge in [0.25, 0.3) is 11.8 Å².